The lowest BCUT2D eigenvalue weighted by atomic mass is 9.90. The Morgan fingerprint density at radius 3 is 2.56 bits per heavy atom. The molecule has 0 atom stereocenters. The molecule has 1 amide bonds. The van der Waals surface area contributed by atoms with Crippen LogP contribution in [-0.2, 0) is 9.53 Å². The van der Waals surface area contributed by atoms with Crippen LogP contribution in [0, 0.1) is 11.7 Å². The van der Waals surface area contributed by atoms with Crippen LogP contribution < -0.4 is 16.6 Å². The Hall–Kier alpha value is -3.82. The van der Waals surface area contributed by atoms with E-state index < -0.39 is 29.1 Å². The minimum atomic E-state index is -0.698. The molecular formula is C26H29FN4O5. The van der Waals surface area contributed by atoms with Gasteiger partial charge in [0.2, 0.25) is 5.91 Å². The highest BCUT2D eigenvalue weighted by Crippen LogP contribution is 2.27. The molecule has 9 nitrogen and oxygen atoms in total. The first-order valence-electron chi connectivity index (χ1n) is 12.0. The van der Waals surface area contributed by atoms with Gasteiger partial charge in [-0.25, -0.2) is 23.5 Å². The predicted molar refractivity (Wildman–Crippen MR) is 132 cm³/mol. The lowest BCUT2D eigenvalue weighted by Gasteiger charge is -2.30. The summed E-state index contributed by atoms with van der Waals surface area (Å²) in [6, 6.07) is 6.82. The van der Waals surface area contributed by atoms with E-state index in [1.54, 1.807) is 18.2 Å². The van der Waals surface area contributed by atoms with E-state index in [1.165, 1.54) is 17.7 Å². The lowest BCUT2D eigenvalue weighted by Crippen LogP contribution is -2.45. The number of nitrogens with zero attached hydrogens (tertiary/aromatic N) is 3. The summed E-state index contributed by atoms with van der Waals surface area (Å²) >= 11 is 0. The largest absolute Gasteiger partial charge is 0.465 e. The van der Waals surface area contributed by atoms with Crippen LogP contribution in [0.4, 0.5) is 4.39 Å². The van der Waals surface area contributed by atoms with Gasteiger partial charge in [-0.05, 0) is 55.9 Å². The molecule has 1 saturated carbocycles. The van der Waals surface area contributed by atoms with Crippen molar-refractivity contribution in [3.63, 3.8) is 0 Å². The summed E-state index contributed by atoms with van der Waals surface area (Å²) in [4.78, 5) is 55.4. The molecule has 1 N–H and O–H groups in total. The maximum atomic E-state index is 14.1. The van der Waals surface area contributed by atoms with E-state index >= 15 is 0 Å². The molecule has 1 aromatic carbocycles. The van der Waals surface area contributed by atoms with Crippen LogP contribution in [0.2, 0.25) is 0 Å². The average molecular weight is 497 g/mol. The summed E-state index contributed by atoms with van der Waals surface area (Å²) in [6.07, 6.45) is 3.60. The van der Waals surface area contributed by atoms with Crippen molar-refractivity contribution < 1.29 is 18.7 Å². The minimum Gasteiger partial charge on any atom is -0.465 e. The molecule has 190 valence electrons. The van der Waals surface area contributed by atoms with E-state index in [4.69, 9.17) is 4.74 Å². The van der Waals surface area contributed by atoms with Gasteiger partial charge in [0.15, 0.2) is 5.65 Å². The first-order valence-corrected chi connectivity index (χ1v) is 12.0. The summed E-state index contributed by atoms with van der Waals surface area (Å²) in [5, 5.41) is 3.00. The first-order chi connectivity index (χ1) is 17.2. The highest BCUT2D eigenvalue weighted by molar-refractivity contribution is 5.90. The van der Waals surface area contributed by atoms with E-state index in [0.29, 0.717) is 37.8 Å². The van der Waals surface area contributed by atoms with Crippen molar-refractivity contribution in [2.24, 2.45) is 5.92 Å². The lowest BCUT2D eigenvalue weighted by molar-refractivity contribution is -0.122. The number of halogens is 1. The maximum Gasteiger partial charge on any atom is 0.337 e. The molecule has 0 bridgehead atoms. The maximum absolute atomic E-state index is 14.1. The van der Waals surface area contributed by atoms with E-state index in [0.717, 1.165) is 16.8 Å². The quantitative estimate of drug-likeness (QED) is 0.525. The molecular weight excluding hydrogens is 467 g/mol. The Balaban J connectivity index is 1.75. The number of aromatic nitrogens is 3. The van der Waals surface area contributed by atoms with Crippen LogP contribution in [0.3, 0.4) is 0 Å². The van der Waals surface area contributed by atoms with E-state index in [-0.39, 0.29) is 34.5 Å². The zero-order valence-electron chi connectivity index (χ0n) is 20.5. The summed E-state index contributed by atoms with van der Waals surface area (Å²) < 4.78 is 21.3. The Bertz CT molecular complexity index is 1420. The molecule has 1 fully saturated rings. The number of carbonyl (C=O) groups is 2. The van der Waals surface area contributed by atoms with Gasteiger partial charge in [-0.1, -0.05) is 19.9 Å². The number of amides is 1. The third-order valence-electron chi connectivity index (χ3n) is 6.44. The van der Waals surface area contributed by atoms with Crippen LogP contribution in [0.5, 0.6) is 0 Å². The van der Waals surface area contributed by atoms with Crippen molar-refractivity contribution in [1.82, 2.24) is 19.4 Å². The smallest absolute Gasteiger partial charge is 0.337 e. The van der Waals surface area contributed by atoms with E-state index in [2.05, 4.69) is 10.3 Å². The van der Waals surface area contributed by atoms with Crippen LogP contribution in [0.25, 0.3) is 16.7 Å². The highest BCUT2D eigenvalue weighted by Gasteiger charge is 2.28. The fourth-order valence-electron chi connectivity index (χ4n) is 4.76. The molecule has 0 saturated heterocycles. The van der Waals surface area contributed by atoms with Crippen molar-refractivity contribution in [3.8, 4) is 5.69 Å². The summed E-state index contributed by atoms with van der Waals surface area (Å²) in [5.41, 5.74) is -0.724. The molecule has 4 rings (SSSR count). The molecule has 0 aliphatic heterocycles. The minimum absolute atomic E-state index is 0.000648. The standard InChI is InChI=1S/C26H29FN4O5/c1-15(2)11-22(32)29-18-7-9-19(10-8-18)31-24(33)21-13-17(27)14-28-23(21)30(26(31)35)20-6-4-5-16(12-20)25(34)36-3/h4-6,12-15,18-19H,7-11H2,1-3H3,(H,29,32). The fourth-order valence-corrected chi connectivity index (χ4v) is 4.76. The van der Waals surface area contributed by atoms with Crippen LogP contribution in [-0.4, -0.2) is 39.1 Å². The number of rotatable bonds is 6. The van der Waals surface area contributed by atoms with Crippen molar-refractivity contribution in [2.45, 2.75) is 58.0 Å². The SMILES string of the molecule is COC(=O)c1cccc(-n2c(=O)n(C3CCC(NC(=O)CC(C)C)CC3)c(=O)c3cc(F)cnc32)c1. The molecule has 36 heavy (non-hydrogen) atoms. The average Bonchev–Trinajstić information content (AvgIpc) is 2.85. The van der Waals surface area contributed by atoms with Crippen LogP contribution in [0.15, 0.2) is 46.1 Å². The van der Waals surface area contributed by atoms with Crippen LogP contribution in [0.1, 0.15) is 62.4 Å². The zero-order valence-corrected chi connectivity index (χ0v) is 20.5. The van der Waals surface area contributed by atoms with E-state index in [1.807, 2.05) is 13.8 Å². The number of fused-ring (bicyclic) bond motifs is 1. The number of methoxy groups -OCH3 is 1. The second-order valence-corrected chi connectivity index (χ2v) is 9.53. The van der Waals surface area contributed by atoms with Crippen molar-refractivity contribution in [1.29, 1.82) is 0 Å². The number of esters is 1. The van der Waals surface area contributed by atoms with Crippen LogP contribution >= 0.6 is 0 Å². The van der Waals surface area contributed by atoms with Gasteiger partial charge in [0, 0.05) is 18.5 Å². The van der Waals surface area contributed by atoms with Crippen molar-refractivity contribution in [2.75, 3.05) is 7.11 Å². The molecule has 0 unspecified atom stereocenters. The third-order valence-corrected chi connectivity index (χ3v) is 6.44. The number of ether oxygens (including phenoxy) is 1. The van der Waals surface area contributed by atoms with Gasteiger partial charge in [-0.15, -0.1) is 0 Å². The molecule has 1 aliphatic carbocycles. The monoisotopic (exact) mass is 496 g/mol. The topological polar surface area (TPSA) is 112 Å². The van der Waals surface area contributed by atoms with Gasteiger partial charge in [-0.3, -0.25) is 14.2 Å². The van der Waals surface area contributed by atoms with Gasteiger partial charge in [0.1, 0.15) is 5.82 Å². The predicted octanol–water partition coefficient (Wildman–Crippen LogP) is 3.12. The number of benzene rings is 1. The highest BCUT2D eigenvalue weighted by atomic mass is 19.1. The Kier molecular flexibility index (Phi) is 7.32. The second-order valence-electron chi connectivity index (χ2n) is 9.53. The molecule has 3 aromatic rings. The van der Waals surface area contributed by atoms with Gasteiger partial charge in [-0.2, -0.15) is 0 Å². The van der Waals surface area contributed by atoms with Crippen molar-refractivity contribution >= 4 is 22.9 Å². The van der Waals surface area contributed by atoms with Crippen molar-refractivity contribution in [3.05, 3.63) is 68.7 Å². The Morgan fingerprint density at radius 1 is 1.17 bits per heavy atom. The van der Waals surface area contributed by atoms with Gasteiger partial charge in [0.25, 0.3) is 5.56 Å². The summed E-state index contributed by atoms with van der Waals surface area (Å²) in [7, 11) is 1.25. The molecule has 10 heteroatoms. The molecule has 1 aliphatic rings. The normalized spacial score (nSPS) is 17.8. The van der Waals surface area contributed by atoms with Gasteiger partial charge >= 0.3 is 11.7 Å². The number of hydrogen-bond donors (Lipinski definition) is 1. The van der Waals surface area contributed by atoms with Gasteiger partial charge < -0.3 is 10.1 Å². The zero-order chi connectivity index (χ0) is 26.0. The number of carbonyl (C=O) groups excluding carboxylic acids is 2. The number of hydrogen-bond acceptors (Lipinski definition) is 6. The summed E-state index contributed by atoms with van der Waals surface area (Å²) in [5.74, 6) is -1.04. The van der Waals surface area contributed by atoms with E-state index in [9.17, 15) is 23.6 Å². The fraction of sp³-hybridized carbons (Fsp3) is 0.423. The number of nitrogens with one attached hydrogen (secondary N) is 1. The molecule has 0 spiro atoms. The third kappa shape index (κ3) is 5.07. The number of pyridine rings is 1. The summed E-state index contributed by atoms with van der Waals surface area (Å²) in [6.45, 7) is 3.96. The Labute approximate surface area is 206 Å². The van der Waals surface area contributed by atoms with Gasteiger partial charge in [0.05, 0.1) is 29.9 Å². The molecule has 2 heterocycles. The second kappa shape index (κ2) is 10.4. The Morgan fingerprint density at radius 2 is 1.89 bits per heavy atom. The first kappa shape index (κ1) is 25.3. The molecule has 0 radical (unpaired) electrons. The molecule has 2 aromatic heterocycles.